The smallest absolute Gasteiger partial charge is 0.0555 e. The summed E-state index contributed by atoms with van der Waals surface area (Å²) in [5.74, 6) is 6.07. The molecule has 0 aliphatic rings. The molecule has 2 nitrogen and oxygen atoms in total. The molecular formula is C17H20N2S. The number of nitrogens with two attached hydrogens (primary N) is 1. The molecule has 0 fully saturated rings. The molecule has 1 aromatic heterocycles. The van der Waals surface area contributed by atoms with Crippen molar-refractivity contribution in [3.63, 3.8) is 0 Å². The lowest BCUT2D eigenvalue weighted by Crippen LogP contribution is -2.17. The molecule has 0 atom stereocenters. The van der Waals surface area contributed by atoms with E-state index in [4.69, 9.17) is 5.73 Å². The first-order valence-electron chi connectivity index (χ1n) is 6.68. The lowest BCUT2D eigenvalue weighted by molar-refractivity contribution is 0.321. The van der Waals surface area contributed by atoms with Gasteiger partial charge in [0.1, 0.15) is 0 Å². The van der Waals surface area contributed by atoms with Gasteiger partial charge in [-0.2, -0.15) is 0 Å². The first kappa shape index (κ1) is 14.8. The Morgan fingerprint density at radius 1 is 1.25 bits per heavy atom. The second-order valence-electron chi connectivity index (χ2n) is 4.92. The van der Waals surface area contributed by atoms with E-state index in [1.165, 1.54) is 16.0 Å². The summed E-state index contributed by atoms with van der Waals surface area (Å²) in [5, 5.41) is 2.09. The summed E-state index contributed by atoms with van der Waals surface area (Å²) in [6.07, 6.45) is 0. The number of benzene rings is 1. The molecule has 0 saturated heterocycles. The molecule has 0 spiro atoms. The van der Waals surface area contributed by atoms with Crippen LogP contribution in [0.4, 0.5) is 0 Å². The first-order valence-corrected chi connectivity index (χ1v) is 7.56. The number of nitrogens with zero attached hydrogens (tertiary/aromatic N) is 1. The molecule has 0 aliphatic heterocycles. The van der Waals surface area contributed by atoms with Crippen LogP contribution in [0.3, 0.4) is 0 Å². The van der Waals surface area contributed by atoms with E-state index >= 15 is 0 Å². The summed E-state index contributed by atoms with van der Waals surface area (Å²) in [7, 11) is 2.14. The van der Waals surface area contributed by atoms with E-state index < -0.39 is 0 Å². The van der Waals surface area contributed by atoms with E-state index in [1.54, 1.807) is 11.3 Å². The van der Waals surface area contributed by atoms with Crippen molar-refractivity contribution in [2.75, 3.05) is 13.6 Å². The molecule has 104 valence electrons. The molecule has 2 N–H and O–H groups in total. The van der Waals surface area contributed by atoms with Gasteiger partial charge in [0.25, 0.3) is 0 Å². The fourth-order valence-corrected chi connectivity index (χ4v) is 3.05. The number of hydrogen-bond donors (Lipinski definition) is 1. The highest BCUT2D eigenvalue weighted by Crippen LogP contribution is 2.18. The molecular weight excluding hydrogens is 264 g/mol. The van der Waals surface area contributed by atoms with Gasteiger partial charge in [0, 0.05) is 23.5 Å². The zero-order valence-corrected chi connectivity index (χ0v) is 12.8. The highest BCUT2D eigenvalue weighted by molar-refractivity contribution is 7.10. The Kier molecular flexibility index (Phi) is 5.37. The van der Waals surface area contributed by atoms with Gasteiger partial charge in [0.15, 0.2) is 0 Å². The molecule has 0 unspecified atom stereocenters. The Balaban J connectivity index is 2.01. The average Bonchev–Trinajstić information content (AvgIpc) is 2.83. The van der Waals surface area contributed by atoms with Crippen LogP contribution >= 0.6 is 11.3 Å². The number of aryl methyl sites for hydroxylation is 1. The Labute approximate surface area is 125 Å². The molecule has 3 heteroatoms. The van der Waals surface area contributed by atoms with Crippen LogP contribution in [-0.2, 0) is 13.1 Å². The lowest BCUT2D eigenvalue weighted by atomic mass is 10.1. The zero-order chi connectivity index (χ0) is 14.4. The molecule has 1 aromatic carbocycles. The van der Waals surface area contributed by atoms with Gasteiger partial charge in [-0.25, -0.2) is 0 Å². The summed E-state index contributed by atoms with van der Waals surface area (Å²) in [5.41, 5.74) is 9.19. The molecule has 2 rings (SSSR count). The van der Waals surface area contributed by atoms with Gasteiger partial charge in [-0.05, 0) is 31.0 Å². The van der Waals surface area contributed by atoms with Crippen LogP contribution < -0.4 is 5.73 Å². The lowest BCUT2D eigenvalue weighted by Gasteiger charge is -2.16. The van der Waals surface area contributed by atoms with Gasteiger partial charge < -0.3 is 5.73 Å². The molecule has 0 amide bonds. The highest BCUT2D eigenvalue weighted by Gasteiger charge is 2.06. The largest absolute Gasteiger partial charge is 0.320 e. The minimum absolute atomic E-state index is 0.411. The van der Waals surface area contributed by atoms with Gasteiger partial charge in [-0.15, -0.1) is 11.3 Å². The standard InChI is InChI=1S/C17H20N2S/c1-14-5-3-6-15(11-14)12-19(2)13-17-16(7-4-9-18)8-10-20-17/h3,5-6,8,10-11H,9,12-13,18H2,1-2H3. The zero-order valence-electron chi connectivity index (χ0n) is 12.0. The van der Waals surface area contributed by atoms with Crippen molar-refractivity contribution in [1.29, 1.82) is 0 Å². The van der Waals surface area contributed by atoms with Crippen molar-refractivity contribution < 1.29 is 0 Å². The van der Waals surface area contributed by atoms with Crippen LogP contribution in [0.1, 0.15) is 21.6 Å². The molecule has 0 saturated carbocycles. The van der Waals surface area contributed by atoms with Crippen molar-refractivity contribution in [2.24, 2.45) is 5.73 Å². The van der Waals surface area contributed by atoms with E-state index in [-0.39, 0.29) is 0 Å². The molecule has 0 radical (unpaired) electrons. The summed E-state index contributed by atoms with van der Waals surface area (Å²) in [4.78, 5) is 3.62. The number of thiophene rings is 1. The Hall–Kier alpha value is -1.60. The van der Waals surface area contributed by atoms with E-state index in [9.17, 15) is 0 Å². The quantitative estimate of drug-likeness (QED) is 0.875. The van der Waals surface area contributed by atoms with Gasteiger partial charge in [-0.3, -0.25) is 4.90 Å². The van der Waals surface area contributed by atoms with Crippen LogP contribution in [-0.4, -0.2) is 18.5 Å². The SMILES string of the molecule is Cc1cccc(CN(C)Cc2sccc2C#CCN)c1. The Morgan fingerprint density at radius 3 is 2.85 bits per heavy atom. The molecule has 2 aromatic rings. The predicted octanol–water partition coefficient (Wildman–Crippen LogP) is 3.00. The Morgan fingerprint density at radius 2 is 2.10 bits per heavy atom. The van der Waals surface area contributed by atoms with Crippen molar-refractivity contribution >= 4 is 11.3 Å². The highest BCUT2D eigenvalue weighted by atomic mass is 32.1. The van der Waals surface area contributed by atoms with Gasteiger partial charge >= 0.3 is 0 Å². The fourth-order valence-electron chi connectivity index (χ4n) is 2.14. The normalized spacial score (nSPS) is 10.4. The molecule has 0 bridgehead atoms. The van der Waals surface area contributed by atoms with Crippen LogP contribution in [0.2, 0.25) is 0 Å². The summed E-state index contributed by atoms with van der Waals surface area (Å²) < 4.78 is 0. The van der Waals surface area contributed by atoms with Gasteiger partial charge in [-0.1, -0.05) is 41.7 Å². The number of hydrogen-bond acceptors (Lipinski definition) is 3. The maximum absolute atomic E-state index is 5.43. The molecule has 0 aliphatic carbocycles. The minimum Gasteiger partial charge on any atom is -0.320 e. The third-order valence-corrected chi connectivity index (χ3v) is 3.92. The van der Waals surface area contributed by atoms with Crippen LogP contribution in [0.5, 0.6) is 0 Å². The maximum Gasteiger partial charge on any atom is 0.0555 e. The monoisotopic (exact) mass is 284 g/mol. The molecule has 20 heavy (non-hydrogen) atoms. The van der Waals surface area contributed by atoms with Crippen molar-refractivity contribution in [3.05, 3.63) is 57.3 Å². The third-order valence-electron chi connectivity index (χ3n) is 3.02. The number of rotatable bonds is 4. The molecule has 1 heterocycles. The summed E-state index contributed by atoms with van der Waals surface area (Å²) in [6, 6.07) is 10.7. The van der Waals surface area contributed by atoms with Gasteiger partial charge in [0.05, 0.1) is 6.54 Å². The van der Waals surface area contributed by atoms with Crippen LogP contribution in [0, 0.1) is 18.8 Å². The van der Waals surface area contributed by atoms with E-state index in [0.29, 0.717) is 6.54 Å². The Bertz CT molecular complexity index is 619. The predicted molar refractivity (Wildman–Crippen MR) is 86.6 cm³/mol. The first-order chi connectivity index (χ1) is 9.69. The second-order valence-corrected chi connectivity index (χ2v) is 5.93. The summed E-state index contributed by atoms with van der Waals surface area (Å²) in [6.45, 7) is 4.40. The third kappa shape index (κ3) is 4.21. The van der Waals surface area contributed by atoms with Crippen molar-refractivity contribution in [3.8, 4) is 11.8 Å². The van der Waals surface area contributed by atoms with Crippen LogP contribution in [0.25, 0.3) is 0 Å². The van der Waals surface area contributed by atoms with E-state index in [2.05, 4.69) is 66.4 Å². The average molecular weight is 284 g/mol. The second kappa shape index (κ2) is 7.25. The summed E-state index contributed by atoms with van der Waals surface area (Å²) >= 11 is 1.76. The maximum atomic E-state index is 5.43. The van der Waals surface area contributed by atoms with Crippen LogP contribution in [0.15, 0.2) is 35.7 Å². The van der Waals surface area contributed by atoms with E-state index in [1.807, 2.05) is 0 Å². The van der Waals surface area contributed by atoms with Crippen molar-refractivity contribution in [1.82, 2.24) is 4.90 Å². The fraction of sp³-hybridized carbons (Fsp3) is 0.294. The minimum atomic E-state index is 0.411. The van der Waals surface area contributed by atoms with E-state index in [0.717, 1.165) is 18.7 Å². The van der Waals surface area contributed by atoms with Gasteiger partial charge in [0.2, 0.25) is 0 Å². The van der Waals surface area contributed by atoms with Crippen molar-refractivity contribution in [2.45, 2.75) is 20.0 Å². The topological polar surface area (TPSA) is 29.3 Å².